The maximum atomic E-state index is 5.77. The van der Waals surface area contributed by atoms with Gasteiger partial charge in [-0.2, -0.15) is 0 Å². The van der Waals surface area contributed by atoms with E-state index in [4.69, 9.17) is 13.6 Å². The van der Waals surface area contributed by atoms with Gasteiger partial charge in [-0.3, -0.25) is 0 Å². The van der Waals surface area contributed by atoms with E-state index < -0.39 is 0 Å². The molecule has 0 saturated heterocycles. The van der Waals surface area contributed by atoms with Crippen LogP contribution >= 0.6 is 24.0 Å². The third-order valence-corrected chi connectivity index (χ3v) is 3.59. The third kappa shape index (κ3) is 8.79. The van der Waals surface area contributed by atoms with Crippen molar-refractivity contribution in [2.24, 2.45) is 4.99 Å². The number of aromatic nitrogens is 1. The summed E-state index contributed by atoms with van der Waals surface area (Å²) < 4.78 is 16.6. The van der Waals surface area contributed by atoms with E-state index in [1.165, 1.54) is 0 Å². The van der Waals surface area contributed by atoms with Gasteiger partial charge in [-0.25, -0.2) is 9.98 Å². The Morgan fingerprint density at radius 3 is 2.74 bits per heavy atom. The monoisotopic (exact) mass is 490 g/mol. The smallest absolute Gasteiger partial charge is 0.216 e. The Bertz CT molecular complexity index is 663. The zero-order chi connectivity index (χ0) is 18.8. The normalized spacial score (nSPS) is 11.9. The van der Waals surface area contributed by atoms with Crippen molar-refractivity contribution in [3.63, 3.8) is 0 Å². The second kappa shape index (κ2) is 12.0. The van der Waals surface area contributed by atoms with Gasteiger partial charge in [-0.05, 0) is 25.5 Å². The van der Waals surface area contributed by atoms with Crippen molar-refractivity contribution in [2.75, 3.05) is 19.7 Å². The van der Waals surface area contributed by atoms with E-state index >= 15 is 0 Å². The van der Waals surface area contributed by atoms with Crippen molar-refractivity contribution in [1.29, 1.82) is 0 Å². The number of nitrogens with zero attached hydrogens (tertiary/aromatic N) is 2. The lowest BCUT2D eigenvalue weighted by atomic mass is 9.94. The highest BCUT2D eigenvalue weighted by atomic mass is 127. The molecule has 27 heavy (non-hydrogen) atoms. The van der Waals surface area contributed by atoms with E-state index in [-0.39, 0.29) is 29.4 Å². The van der Waals surface area contributed by atoms with Crippen molar-refractivity contribution in [2.45, 2.75) is 52.7 Å². The van der Waals surface area contributed by atoms with Crippen LogP contribution in [0.1, 0.15) is 51.5 Å². The van der Waals surface area contributed by atoms with Crippen LogP contribution in [-0.4, -0.2) is 30.6 Å². The maximum Gasteiger partial charge on any atom is 0.216 e. The molecule has 0 aliphatic carbocycles. The van der Waals surface area contributed by atoms with Gasteiger partial charge in [-0.15, -0.1) is 24.0 Å². The van der Waals surface area contributed by atoms with E-state index in [0.29, 0.717) is 25.6 Å². The Morgan fingerprint density at radius 2 is 2.11 bits per heavy atom. The molecule has 0 amide bonds. The lowest BCUT2D eigenvalue weighted by Crippen LogP contribution is -2.38. The number of aliphatic imine (C=N–C) groups is 1. The lowest BCUT2D eigenvalue weighted by molar-refractivity contribution is 0.105. The molecular weight excluding hydrogens is 459 g/mol. The van der Waals surface area contributed by atoms with Gasteiger partial charge in [0.2, 0.25) is 5.89 Å². The molecule has 7 nitrogen and oxygen atoms in total. The number of oxazole rings is 1. The fourth-order valence-corrected chi connectivity index (χ4v) is 2.17. The van der Waals surface area contributed by atoms with Crippen LogP contribution in [0.2, 0.25) is 0 Å². The Hall–Kier alpha value is -1.55. The number of ether oxygens (including phenoxy) is 1. The fraction of sp³-hybridized carbons (Fsp3) is 0.579. The first kappa shape index (κ1) is 23.5. The first-order chi connectivity index (χ1) is 12.5. The Balaban J connectivity index is 0.00000364. The maximum absolute atomic E-state index is 5.77. The molecule has 0 spiro atoms. The summed E-state index contributed by atoms with van der Waals surface area (Å²) in [6, 6.07) is 3.76. The molecule has 2 aromatic heterocycles. The summed E-state index contributed by atoms with van der Waals surface area (Å²) in [4.78, 5) is 8.82. The van der Waals surface area contributed by atoms with Crippen LogP contribution in [0.5, 0.6) is 0 Å². The molecule has 0 fully saturated rings. The van der Waals surface area contributed by atoms with Gasteiger partial charge < -0.3 is 24.2 Å². The fourth-order valence-electron chi connectivity index (χ4n) is 2.17. The van der Waals surface area contributed by atoms with Crippen LogP contribution in [0, 0.1) is 0 Å². The molecule has 2 N–H and O–H groups in total. The summed E-state index contributed by atoms with van der Waals surface area (Å²) in [6.07, 6.45) is 4.30. The summed E-state index contributed by atoms with van der Waals surface area (Å²) in [7, 11) is 0. The quantitative estimate of drug-likeness (QED) is 0.241. The summed E-state index contributed by atoms with van der Waals surface area (Å²) in [5.74, 6) is 3.07. The second-order valence-electron chi connectivity index (χ2n) is 6.98. The van der Waals surface area contributed by atoms with Crippen molar-refractivity contribution in [3.8, 4) is 0 Å². The van der Waals surface area contributed by atoms with Crippen molar-refractivity contribution in [1.82, 2.24) is 15.6 Å². The van der Waals surface area contributed by atoms with Gasteiger partial charge in [0, 0.05) is 25.1 Å². The minimum atomic E-state index is -0.0483. The number of rotatable bonds is 9. The van der Waals surface area contributed by atoms with Gasteiger partial charge in [0.25, 0.3) is 0 Å². The minimum absolute atomic E-state index is 0. The van der Waals surface area contributed by atoms with Crippen LogP contribution in [0.4, 0.5) is 0 Å². The SMILES string of the molecule is CCNC(=NCc1ncc(C(C)(C)C)o1)NCCCOCc1ccco1.I. The highest BCUT2D eigenvalue weighted by Gasteiger charge is 2.18. The number of halogens is 1. The molecule has 0 bridgehead atoms. The molecule has 0 aromatic carbocycles. The molecule has 8 heteroatoms. The first-order valence-corrected chi connectivity index (χ1v) is 9.06. The minimum Gasteiger partial charge on any atom is -0.467 e. The van der Waals surface area contributed by atoms with E-state index in [1.807, 2.05) is 19.1 Å². The standard InChI is InChI=1S/C19H30N4O3.HI/c1-5-20-18(21-9-7-10-24-14-15-8-6-11-25-15)23-13-17-22-12-16(26-17)19(2,3)4;/h6,8,11-12H,5,7,9-10,13-14H2,1-4H3,(H2,20,21,23);1H. The molecule has 0 aliphatic rings. The molecule has 0 unspecified atom stereocenters. The molecule has 152 valence electrons. The van der Waals surface area contributed by atoms with Crippen molar-refractivity contribution >= 4 is 29.9 Å². The molecule has 2 rings (SSSR count). The van der Waals surface area contributed by atoms with E-state index in [0.717, 1.165) is 37.0 Å². The van der Waals surface area contributed by atoms with Gasteiger partial charge >= 0.3 is 0 Å². The van der Waals surface area contributed by atoms with Gasteiger partial charge in [-0.1, -0.05) is 20.8 Å². The number of furan rings is 1. The van der Waals surface area contributed by atoms with Crippen LogP contribution in [-0.2, 0) is 23.3 Å². The van der Waals surface area contributed by atoms with Gasteiger partial charge in [0.05, 0.1) is 12.5 Å². The predicted octanol–water partition coefficient (Wildman–Crippen LogP) is 3.85. The zero-order valence-corrected chi connectivity index (χ0v) is 18.9. The van der Waals surface area contributed by atoms with Crippen molar-refractivity contribution in [3.05, 3.63) is 42.0 Å². The van der Waals surface area contributed by atoms with Crippen LogP contribution < -0.4 is 10.6 Å². The molecule has 0 atom stereocenters. The Morgan fingerprint density at radius 1 is 1.30 bits per heavy atom. The van der Waals surface area contributed by atoms with E-state index in [1.54, 1.807) is 12.5 Å². The van der Waals surface area contributed by atoms with Crippen LogP contribution in [0.3, 0.4) is 0 Å². The third-order valence-electron chi connectivity index (χ3n) is 3.59. The summed E-state index contributed by atoms with van der Waals surface area (Å²) in [5.41, 5.74) is -0.0483. The summed E-state index contributed by atoms with van der Waals surface area (Å²) in [6.45, 7) is 11.4. The van der Waals surface area contributed by atoms with Crippen LogP contribution in [0.25, 0.3) is 0 Å². The van der Waals surface area contributed by atoms with Gasteiger partial charge in [0.1, 0.15) is 24.7 Å². The van der Waals surface area contributed by atoms with Crippen LogP contribution in [0.15, 0.2) is 38.4 Å². The number of guanidine groups is 1. The first-order valence-electron chi connectivity index (χ1n) is 9.06. The molecule has 0 radical (unpaired) electrons. The second-order valence-corrected chi connectivity index (χ2v) is 6.98. The molecular formula is C19H31IN4O3. The predicted molar refractivity (Wildman–Crippen MR) is 116 cm³/mol. The Labute approximate surface area is 178 Å². The number of hydrogen-bond acceptors (Lipinski definition) is 5. The highest BCUT2D eigenvalue weighted by Crippen LogP contribution is 2.22. The zero-order valence-electron chi connectivity index (χ0n) is 16.6. The van der Waals surface area contributed by atoms with E-state index in [9.17, 15) is 0 Å². The Kier molecular flexibility index (Phi) is 10.5. The topological polar surface area (TPSA) is 84.8 Å². The summed E-state index contributed by atoms with van der Waals surface area (Å²) >= 11 is 0. The number of nitrogens with one attached hydrogen (secondary N) is 2. The molecule has 2 aromatic rings. The van der Waals surface area contributed by atoms with E-state index in [2.05, 4.69) is 41.4 Å². The number of hydrogen-bond donors (Lipinski definition) is 2. The largest absolute Gasteiger partial charge is 0.467 e. The average molecular weight is 490 g/mol. The van der Waals surface area contributed by atoms with Gasteiger partial charge in [0.15, 0.2) is 5.96 Å². The molecule has 0 aliphatic heterocycles. The molecule has 0 saturated carbocycles. The average Bonchev–Trinajstić information content (AvgIpc) is 3.26. The molecule has 2 heterocycles. The summed E-state index contributed by atoms with van der Waals surface area (Å²) in [5, 5.41) is 6.50. The van der Waals surface area contributed by atoms with Crippen molar-refractivity contribution < 1.29 is 13.6 Å². The lowest BCUT2D eigenvalue weighted by Gasteiger charge is -2.13. The highest BCUT2D eigenvalue weighted by molar-refractivity contribution is 14.0.